The van der Waals surface area contributed by atoms with Crippen molar-refractivity contribution in [2.75, 3.05) is 33.7 Å². The minimum absolute atomic E-state index is 0.318. The molecule has 17 heavy (non-hydrogen) atoms. The first-order valence-corrected chi connectivity index (χ1v) is 5.49. The molecule has 0 aromatic heterocycles. The number of likely N-dealkylation sites (N-methyl/N-ethyl adjacent to an activating group) is 1. The molecule has 1 atom stereocenters. The molecule has 5 heteroatoms. The molecule has 0 aliphatic rings. The molecule has 1 aromatic carbocycles. The van der Waals surface area contributed by atoms with Gasteiger partial charge in [0.05, 0.1) is 6.10 Å². The fourth-order valence-corrected chi connectivity index (χ4v) is 1.38. The van der Waals surface area contributed by atoms with Crippen LogP contribution in [0, 0.1) is 11.6 Å². The Hall–Kier alpha value is -1.04. The second kappa shape index (κ2) is 6.64. The highest BCUT2D eigenvalue weighted by molar-refractivity contribution is 5.20. The van der Waals surface area contributed by atoms with Gasteiger partial charge in [-0.3, -0.25) is 0 Å². The summed E-state index contributed by atoms with van der Waals surface area (Å²) in [6.07, 6.45) is -0.827. The fraction of sp³-hybridized carbons (Fsp3) is 0.500. The van der Waals surface area contributed by atoms with Crippen molar-refractivity contribution >= 4 is 0 Å². The molecule has 0 aliphatic carbocycles. The predicted molar refractivity (Wildman–Crippen MR) is 62.7 cm³/mol. The third-order valence-electron chi connectivity index (χ3n) is 2.40. The molecule has 2 N–H and O–H groups in total. The van der Waals surface area contributed by atoms with E-state index in [-0.39, 0.29) is 0 Å². The van der Waals surface area contributed by atoms with Crippen molar-refractivity contribution in [3.63, 3.8) is 0 Å². The van der Waals surface area contributed by atoms with Gasteiger partial charge in [0.2, 0.25) is 0 Å². The van der Waals surface area contributed by atoms with E-state index in [1.165, 1.54) is 6.07 Å². The largest absolute Gasteiger partial charge is 0.387 e. The van der Waals surface area contributed by atoms with Crippen molar-refractivity contribution in [3.05, 3.63) is 35.4 Å². The van der Waals surface area contributed by atoms with E-state index in [4.69, 9.17) is 0 Å². The Bertz CT molecular complexity index is 358. The molecule has 0 saturated heterocycles. The zero-order valence-corrected chi connectivity index (χ0v) is 10.1. The Morgan fingerprint density at radius 1 is 1.29 bits per heavy atom. The van der Waals surface area contributed by atoms with Gasteiger partial charge in [0, 0.05) is 19.6 Å². The summed E-state index contributed by atoms with van der Waals surface area (Å²) in [6.45, 7) is 1.90. The number of benzene rings is 1. The smallest absolute Gasteiger partial charge is 0.159 e. The van der Waals surface area contributed by atoms with Gasteiger partial charge in [0.1, 0.15) is 0 Å². The van der Waals surface area contributed by atoms with Gasteiger partial charge in [0.25, 0.3) is 0 Å². The van der Waals surface area contributed by atoms with E-state index >= 15 is 0 Å². The van der Waals surface area contributed by atoms with Gasteiger partial charge in [-0.2, -0.15) is 0 Å². The van der Waals surface area contributed by atoms with Gasteiger partial charge in [-0.15, -0.1) is 0 Å². The lowest BCUT2D eigenvalue weighted by Gasteiger charge is -2.14. The molecule has 1 rings (SSSR count). The minimum Gasteiger partial charge on any atom is -0.387 e. The summed E-state index contributed by atoms with van der Waals surface area (Å²) in [5.41, 5.74) is 0.376. The molecule has 0 saturated carbocycles. The highest BCUT2D eigenvalue weighted by Gasteiger charge is 2.10. The zero-order chi connectivity index (χ0) is 12.8. The van der Waals surface area contributed by atoms with Crippen LogP contribution in [0.15, 0.2) is 18.2 Å². The summed E-state index contributed by atoms with van der Waals surface area (Å²) < 4.78 is 25.6. The summed E-state index contributed by atoms with van der Waals surface area (Å²) in [4.78, 5) is 2.01. The maximum atomic E-state index is 12.9. The Kier molecular flexibility index (Phi) is 5.47. The Labute approximate surface area is 100 Å². The average Bonchev–Trinajstić information content (AvgIpc) is 2.27. The van der Waals surface area contributed by atoms with E-state index < -0.39 is 17.7 Å². The van der Waals surface area contributed by atoms with Crippen LogP contribution in [-0.4, -0.2) is 43.7 Å². The standard InChI is InChI=1S/C12H18F2N2O/c1-16(2)6-5-15-8-12(17)9-3-4-10(13)11(14)7-9/h3-4,7,12,15,17H,5-6,8H2,1-2H3. The maximum Gasteiger partial charge on any atom is 0.159 e. The van der Waals surface area contributed by atoms with Gasteiger partial charge in [-0.25, -0.2) is 8.78 Å². The summed E-state index contributed by atoms with van der Waals surface area (Å²) in [7, 11) is 3.90. The van der Waals surface area contributed by atoms with Crippen LogP contribution in [0.1, 0.15) is 11.7 Å². The molecular weight excluding hydrogens is 226 g/mol. The molecule has 0 fully saturated rings. The number of aliphatic hydroxyl groups is 1. The number of rotatable bonds is 6. The number of nitrogens with zero attached hydrogens (tertiary/aromatic N) is 1. The topological polar surface area (TPSA) is 35.5 Å². The molecule has 0 bridgehead atoms. The van der Waals surface area contributed by atoms with E-state index in [9.17, 15) is 13.9 Å². The highest BCUT2D eigenvalue weighted by Crippen LogP contribution is 2.15. The molecule has 1 unspecified atom stereocenters. The lowest BCUT2D eigenvalue weighted by atomic mass is 10.1. The van der Waals surface area contributed by atoms with Crippen molar-refractivity contribution in [3.8, 4) is 0 Å². The molecule has 0 amide bonds. The lowest BCUT2D eigenvalue weighted by molar-refractivity contribution is 0.173. The Morgan fingerprint density at radius 2 is 2.00 bits per heavy atom. The monoisotopic (exact) mass is 244 g/mol. The summed E-state index contributed by atoms with van der Waals surface area (Å²) >= 11 is 0. The zero-order valence-electron chi connectivity index (χ0n) is 10.1. The van der Waals surface area contributed by atoms with Gasteiger partial charge < -0.3 is 15.3 Å². The van der Waals surface area contributed by atoms with Crippen LogP contribution in [0.2, 0.25) is 0 Å². The summed E-state index contributed by atoms with van der Waals surface area (Å²) in [5, 5.41) is 12.8. The number of hydrogen-bond acceptors (Lipinski definition) is 3. The van der Waals surface area contributed by atoms with Crippen LogP contribution in [0.3, 0.4) is 0 Å². The van der Waals surface area contributed by atoms with Crippen molar-refractivity contribution in [2.24, 2.45) is 0 Å². The third-order valence-corrected chi connectivity index (χ3v) is 2.40. The van der Waals surface area contributed by atoms with Gasteiger partial charge in [0.15, 0.2) is 11.6 Å². The Morgan fingerprint density at radius 3 is 2.59 bits per heavy atom. The van der Waals surface area contributed by atoms with E-state index in [1.54, 1.807) is 0 Å². The average molecular weight is 244 g/mol. The molecule has 96 valence electrons. The second-order valence-electron chi connectivity index (χ2n) is 4.20. The van der Waals surface area contributed by atoms with Crippen LogP contribution < -0.4 is 5.32 Å². The predicted octanol–water partition coefficient (Wildman–Crippen LogP) is 1.15. The van der Waals surface area contributed by atoms with E-state index in [0.717, 1.165) is 25.2 Å². The van der Waals surface area contributed by atoms with Crippen molar-refractivity contribution < 1.29 is 13.9 Å². The second-order valence-corrected chi connectivity index (χ2v) is 4.20. The summed E-state index contributed by atoms with van der Waals surface area (Å²) in [6, 6.07) is 3.43. The van der Waals surface area contributed by atoms with E-state index in [1.807, 2.05) is 19.0 Å². The first-order valence-electron chi connectivity index (χ1n) is 5.49. The summed E-state index contributed by atoms with van der Waals surface area (Å²) in [5.74, 6) is -1.84. The number of hydrogen-bond donors (Lipinski definition) is 2. The van der Waals surface area contributed by atoms with Crippen LogP contribution in [0.5, 0.6) is 0 Å². The van der Waals surface area contributed by atoms with E-state index in [2.05, 4.69) is 5.32 Å². The van der Waals surface area contributed by atoms with E-state index in [0.29, 0.717) is 12.1 Å². The van der Waals surface area contributed by atoms with Crippen molar-refractivity contribution in [2.45, 2.75) is 6.10 Å². The fourth-order valence-electron chi connectivity index (χ4n) is 1.38. The molecule has 1 aromatic rings. The SMILES string of the molecule is CN(C)CCNCC(O)c1ccc(F)c(F)c1. The normalized spacial score (nSPS) is 13.1. The maximum absolute atomic E-state index is 12.9. The molecule has 0 heterocycles. The van der Waals surface area contributed by atoms with Crippen LogP contribution >= 0.6 is 0 Å². The number of nitrogens with one attached hydrogen (secondary N) is 1. The van der Waals surface area contributed by atoms with Gasteiger partial charge >= 0.3 is 0 Å². The van der Waals surface area contributed by atoms with Crippen LogP contribution in [0.25, 0.3) is 0 Å². The van der Waals surface area contributed by atoms with Gasteiger partial charge in [-0.05, 0) is 31.8 Å². The minimum atomic E-state index is -0.935. The van der Waals surface area contributed by atoms with Crippen LogP contribution in [-0.2, 0) is 0 Å². The quantitative estimate of drug-likeness (QED) is 0.737. The lowest BCUT2D eigenvalue weighted by Crippen LogP contribution is -2.29. The number of halogens is 2. The molecule has 3 nitrogen and oxygen atoms in total. The number of aliphatic hydroxyl groups excluding tert-OH is 1. The third kappa shape index (κ3) is 4.77. The van der Waals surface area contributed by atoms with Gasteiger partial charge in [-0.1, -0.05) is 6.07 Å². The molecular formula is C12H18F2N2O. The molecule has 0 spiro atoms. The first kappa shape index (κ1) is 14.0. The van der Waals surface area contributed by atoms with Crippen molar-refractivity contribution in [1.29, 1.82) is 0 Å². The highest BCUT2D eigenvalue weighted by atomic mass is 19.2. The molecule has 0 radical (unpaired) electrons. The van der Waals surface area contributed by atoms with Crippen LogP contribution in [0.4, 0.5) is 8.78 Å². The molecule has 0 aliphatic heterocycles. The first-order chi connectivity index (χ1) is 8.00. The van der Waals surface area contributed by atoms with Crippen molar-refractivity contribution in [1.82, 2.24) is 10.2 Å². The Balaban J connectivity index is 2.41.